The molecule has 1 aliphatic rings. The number of rotatable bonds is 2. The molecular weight excluding hydrogens is 302 g/mol. The fourth-order valence-corrected chi connectivity index (χ4v) is 2.04. The van der Waals surface area contributed by atoms with E-state index in [-0.39, 0.29) is 10.6 Å². The van der Waals surface area contributed by atoms with Crippen LogP contribution in [0.5, 0.6) is 5.75 Å². The molecule has 1 aromatic carbocycles. The van der Waals surface area contributed by atoms with Crippen molar-refractivity contribution in [3.05, 3.63) is 26.9 Å². The molecule has 0 amide bonds. The van der Waals surface area contributed by atoms with Gasteiger partial charge in [-0.1, -0.05) is 11.6 Å². The largest absolute Gasteiger partial charge is 0.496 e. The molecule has 0 saturated carbocycles. The number of benzene rings is 1. The summed E-state index contributed by atoms with van der Waals surface area (Å²) in [5.74, 6) is -0.236. The Bertz CT molecular complexity index is 408. The topological polar surface area (TPSA) is 27.7 Å². The lowest BCUT2D eigenvalue weighted by Crippen LogP contribution is -2.05. The monoisotopic (exact) mass is 310 g/mol. The summed E-state index contributed by atoms with van der Waals surface area (Å²) in [4.78, 5) is 0. The van der Waals surface area contributed by atoms with Gasteiger partial charge in [0.05, 0.1) is 30.9 Å². The SMILES string of the molecule is COc1cc(Br)c(Cl)c(F)c1C1OCCO1. The summed E-state index contributed by atoms with van der Waals surface area (Å²) in [6.45, 7) is 0.863. The van der Waals surface area contributed by atoms with Gasteiger partial charge in [-0.05, 0) is 22.0 Å². The fourth-order valence-electron chi connectivity index (χ4n) is 1.50. The van der Waals surface area contributed by atoms with E-state index in [4.69, 9.17) is 25.8 Å². The maximum Gasteiger partial charge on any atom is 0.190 e. The van der Waals surface area contributed by atoms with Crippen molar-refractivity contribution in [1.82, 2.24) is 0 Å². The van der Waals surface area contributed by atoms with Gasteiger partial charge in [-0.25, -0.2) is 4.39 Å². The van der Waals surface area contributed by atoms with Crippen LogP contribution in [-0.4, -0.2) is 20.3 Å². The smallest absolute Gasteiger partial charge is 0.190 e. The summed E-state index contributed by atoms with van der Waals surface area (Å²) in [5.41, 5.74) is 0.202. The molecule has 0 unspecified atom stereocenters. The molecule has 0 N–H and O–H groups in total. The summed E-state index contributed by atoms with van der Waals surface area (Å²) < 4.78 is 30.0. The maximum absolute atomic E-state index is 14.0. The zero-order valence-electron chi connectivity index (χ0n) is 8.43. The Hall–Kier alpha value is -0.360. The average molecular weight is 312 g/mol. The molecule has 0 bridgehead atoms. The summed E-state index contributed by atoms with van der Waals surface area (Å²) in [7, 11) is 1.45. The highest BCUT2D eigenvalue weighted by molar-refractivity contribution is 9.10. The minimum absolute atomic E-state index is 0.00472. The minimum Gasteiger partial charge on any atom is -0.496 e. The maximum atomic E-state index is 14.0. The van der Waals surface area contributed by atoms with Crippen LogP contribution < -0.4 is 4.74 Å². The van der Waals surface area contributed by atoms with E-state index in [0.29, 0.717) is 23.4 Å². The molecule has 0 radical (unpaired) electrons. The Balaban J connectivity index is 2.52. The van der Waals surface area contributed by atoms with Crippen molar-refractivity contribution < 1.29 is 18.6 Å². The molecule has 1 saturated heterocycles. The molecule has 0 aromatic heterocycles. The number of hydrogen-bond acceptors (Lipinski definition) is 3. The van der Waals surface area contributed by atoms with Crippen LogP contribution in [0.4, 0.5) is 4.39 Å². The number of halogens is 3. The summed E-state index contributed by atoms with van der Waals surface area (Å²) >= 11 is 8.95. The molecule has 0 aliphatic carbocycles. The normalized spacial score (nSPS) is 16.8. The third kappa shape index (κ3) is 2.05. The standard InChI is InChI=1S/C10H9BrClFO3/c1-14-6-4-5(11)8(12)9(13)7(6)10-15-2-3-16-10/h4,10H,2-3H2,1H3. The van der Waals surface area contributed by atoms with E-state index in [2.05, 4.69) is 15.9 Å². The molecule has 6 heteroatoms. The number of ether oxygens (including phenoxy) is 3. The van der Waals surface area contributed by atoms with E-state index in [0.717, 1.165) is 0 Å². The predicted molar refractivity (Wildman–Crippen MR) is 60.3 cm³/mol. The Morgan fingerprint density at radius 3 is 2.69 bits per heavy atom. The average Bonchev–Trinajstić information content (AvgIpc) is 2.78. The van der Waals surface area contributed by atoms with Crippen LogP contribution in [0.15, 0.2) is 10.5 Å². The Labute approximate surface area is 106 Å². The van der Waals surface area contributed by atoms with Crippen LogP contribution in [0.3, 0.4) is 0 Å². The number of hydrogen-bond donors (Lipinski definition) is 0. The fraction of sp³-hybridized carbons (Fsp3) is 0.400. The predicted octanol–water partition coefficient (Wildman–Crippen LogP) is 3.30. The van der Waals surface area contributed by atoms with Crippen LogP contribution in [-0.2, 0) is 9.47 Å². The second-order valence-electron chi connectivity index (χ2n) is 3.18. The highest BCUT2D eigenvalue weighted by Crippen LogP contribution is 2.40. The molecule has 0 atom stereocenters. The first-order chi connectivity index (χ1) is 7.65. The molecule has 1 fully saturated rings. The third-order valence-electron chi connectivity index (χ3n) is 2.24. The molecule has 1 aliphatic heterocycles. The molecule has 0 spiro atoms. The molecule has 1 heterocycles. The van der Waals surface area contributed by atoms with Crippen LogP contribution in [0.1, 0.15) is 11.9 Å². The second kappa shape index (κ2) is 4.87. The highest BCUT2D eigenvalue weighted by atomic mass is 79.9. The van der Waals surface area contributed by atoms with E-state index < -0.39 is 12.1 Å². The van der Waals surface area contributed by atoms with Gasteiger partial charge in [0.25, 0.3) is 0 Å². The first-order valence-corrected chi connectivity index (χ1v) is 5.77. The van der Waals surface area contributed by atoms with Gasteiger partial charge < -0.3 is 14.2 Å². The molecule has 3 nitrogen and oxygen atoms in total. The zero-order valence-corrected chi connectivity index (χ0v) is 10.8. The van der Waals surface area contributed by atoms with E-state index in [9.17, 15) is 4.39 Å². The van der Waals surface area contributed by atoms with E-state index in [1.54, 1.807) is 6.07 Å². The highest BCUT2D eigenvalue weighted by Gasteiger charge is 2.28. The second-order valence-corrected chi connectivity index (χ2v) is 4.41. The van der Waals surface area contributed by atoms with Gasteiger partial charge in [0.2, 0.25) is 0 Å². The molecular formula is C10H9BrClFO3. The van der Waals surface area contributed by atoms with E-state index in [1.165, 1.54) is 7.11 Å². The van der Waals surface area contributed by atoms with Gasteiger partial charge in [0.15, 0.2) is 12.1 Å². The lowest BCUT2D eigenvalue weighted by Gasteiger charge is -2.16. The first-order valence-electron chi connectivity index (χ1n) is 4.59. The van der Waals surface area contributed by atoms with Crippen LogP contribution in [0.25, 0.3) is 0 Å². The van der Waals surface area contributed by atoms with Gasteiger partial charge in [-0.2, -0.15) is 0 Å². The van der Waals surface area contributed by atoms with Crippen molar-refractivity contribution >= 4 is 27.5 Å². The molecule has 16 heavy (non-hydrogen) atoms. The molecule has 2 rings (SSSR count). The summed E-state index contributed by atoms with van der Waals surface area (Å²) in [5, 5.41) is -0.00472. The van der Waals surface area contributed by atoms with Crippen LogP contribution in [0, 0.1) is 5.82 Å². The van der Waals surface area contributed by atoms with Crippen molar-refractivity contribution in [2.45, 2.75) is 6.29 Å². The van der Waals surface area contributed by atoms with Gasteiger partial charge >= 0.3 is 0 Å². The Morgan fingerprint density at radius 1 is 1.50 bits per heavy atom. The number of methoxy groups -OCH3 is 1. The lowest BCUT2D eigenvalue weighted by atomic mass is 10.2. The van der Waals surface area contributed by atoms with Crippen LogP contribution in [0.2, 0.25) is 5.02 Å². The van der Waals surface area contributed by atoms with Gasteiger partial charge in [0.1, 0.15) is 5.75 Å². The Morgan fingerprint density at radius 2 is 2.12 bits per heavy atom. The third-order valence-corrected chi connectivity index (χ3v) is 3.46. The minimum atomic E-state index is -0.749. The Kier molecular flexibility index (Phi) is 3.69. The quantitative estimate of drug-likeness (QED) is 0.784. The van der Waals surface area contributed by atoms with Crippen molar-refractivity contribution in [3.63, 3.8) is 0 Å². The first kappa shape index (κ1) is 12.1. The summed E-state index contributed by atoms with van der Waals surface area (Å²) in [6, 6.07) is 1.59. The zero-order chi connectivity index (χ0) is 11.7. The molecule has 88 valence electrons. The lowest BCUT2D eigenvalue weighted by molar-refractivity contribution is -0.0479. The van der Waals surface area contributed by atoms with Crippen molar-refractivity contribution in [1.29, 1.82) is 0 Å². The van der Waals surface area contributed by atoms with Crippen molar-refractivity contribution in [3.8, 4) is 5.75 Å². The van der Waals surface area contributed by atoms with E-state index in [1.807, 2.05) is 0 Å². The van der Waals surface area contributed by atoms with Gasteiger partial charge in [-0.15, -0.1) is 0 Å². The van der Waals surface area contributed by atoms with Crippen molar-refractivity contribution in [2.24, 2.45) is 0 Å². The van der Waals surface area contributed by atoms with Gasteiger partial charge in [0, 0.05) is 4.47 Å². The van der Waals surface area contributed by atoms with Crippen molar-refractivity contribution in [2.75, 3.05) is 20.3 Å². The molecule has 1 aromatic rings. The van der Waals surface area contributed by atoms with Gasteiger partial charge in [-0.3, -0.25) is 0 Å². The van der Waals surface area contributed by atoms with E-state index >= 15 is 0 Å². The summed E-state index contributed by atoms with van der Waals surface area (Å²) in [6.07, 6.45) is -0.749. The van der Waals surface area contributed by atoms with Crippen LogP contribution >= 0.6 is 27.5 Å².